The van der Waals surface area contributed by atoms with E-state index in [0.29, 0.717) is 5.52 Å². The van der Waals surface area contributed by atoms with Crippen LogP contribution in [0.1, 0.15) is 5.69 Å². The van der Waals surface area contributed by atoms with Gasteiger partial charge in [0.1, 0.15) is 11.3 Å². The van der Waals surface area contributed by atoms with E-state index >= 15 is 0 Å². The molecule has 0 aliphatic heterocycles. The maximum absolute atomic E-state index is 9.43. The fourth-order valence-corrected chi connectivity index (χ4v) is 1.23. The zero-order chi connectivity index (χ0) is 8.55. The van der Waals surface area contributed by atoms with Gasteiger partial charge in [0.05, 0.1) is 0 Å². The summed E-state index contributed by atoms with van der Waals surface area (Å²) in [4.78, 5) is 4.23. The van der Waals surface area contributed by atoms with Gasteiger partial charge < -0.3 is 5.11 Å². The fraction of sp³-hybridized carbons (Fsp3) is 0.100. The molecule has 2 rings (SSSR count). The second-order valence-electron chi connectivity index (χ2n) is 2.80. The van der Waals surface area contributed by atoms with E-state index in [0.717, 1.165) is 11.1 Å². The monoisotopic (exact) mass is 167 g/mol. The Morgan fingerprint density at radius 3 is 2.69 bits per heavy atom. The second kappa shape index (κ2) is 3.82. The molecule has 1 heterocycles. The zero-order valence-electron chi connectivity index (χ0n) is 6.78. The number of phenols is 1. The van der Waals surface area contributed by atoms with Gasteiger partial charge in [0, 0.05) is 11.1 Å². The first-order valence-electron chi connectivity index (χ1n) is 3.83. The van der Waals surface area contributed by atoms with Crippen molar-refractivity contribution < 1.29 is 5.11 Å². The van der Waals surface area contributed by atoms with Gasteiger partial charge in [-0.3, -0.25) is 0 Å². The summed E-state index contributed by atoms with van der Waals surface area (Å²) >= 11 is 0. The summed E-state index contributed by atoms with van der Waals surface area (Å²) in [5.41, 5.74) is 1.60. The van der Waals surface area contributed by atoms with Crippen molar-refractivity contribution in [2.45, 2.75) is 6.92 Å². The first-order valence-corrected chi connectivity index (χ1v) is 3.83. The van der Waals surface area contributed by atoms with Gasteiger partial charge in [0.2, 0.25) is 0 Å². The van der Waals surface area contributed by atoms with E-state index < -0.39 is 0 Å². The standard InChI is InChI=1S/C10H9NO.Li.H/c1-7-5-6-8-3-2-4-9(12)10(8)11-7;;/h2-6,12H,1H3;;. The van der Waals surface area contributed by atoms with Crippen molar-refractivity contribution in [1.29, 1.82) is 0 Å². The summed E-state index contributed by atoms with van der Waals surface area (Å²) in [5.74, 6) is 0.246. The van der Waals surface area contributed by atoms with Crippen LogP contribution < -0.4 is 0 Å². The number of fused-ring (bicyclic) bond motifs is 1. The van der Waals surface area contributed by atoms with Crippen molar-refractivity contribution in [2.24, 2.45) is 0 Å². The normalized spacial score (nSPS) is 9.62. The number of benzene rings is 1. The Morgan fingerprint density at radius 2 is 1.92 bits per heavy atom. The second-order valence-corrected chi connectivity index (χ2v) is 2.80. The van der Waals surface area contributed by atoms with Crippen LogP contribution >= 0.6 is 0 Å². The van der Waals surface area contributed by atoms with E-state index in [1.54, 1.807) is 6.07 Å². The van der Waals surface area contributed by atoms with Crippen LogP contribution in [-0.2, 0) is 0 Å². The molecule has 1 N–H and O–H groups in total. The number of hydrogen-bond donors (Lipinski definition) is 1. The number of hydrogen-bond acceptors (Lipinski definition) is 2. The molecule has 0 amide bonds. The molecule has 13 heavy (non-hydrogen) atoms. The average Bonchev–Trinajstić information content (AvgIpc) is 2.07. The van der Waals surface area contributed by atoms with Crippen LogP contribution in [0.4, 0.5) is 0 Å². The molecular weight excluding hydrogens is 157 g/mol. The molecule has 2 aromatic rings. The summed E-state index contributed by atoms with van der Waals surface area (Å²) in [6, 6.07) is 9.28. The van der Waals surface area contributed by atoms with E-state index in [1.807, 2.05) is 31.2 Å². The molecule has 0 atom stereocenters. The van der Waals surface area contributed by atoms with Crippen LogP contribution in [0, 0.1) is 6.92 Å². The van der Waals surface area contributed by atoms with E-state index in [-0.39, 0.29) is 24.6 Å². The molecule has 3 heteroatoms. The molecule has 2 nitrogen and oxygen atoms in total. The van der Waals surface area contributed by atoms with Crippen molar-refractivity contribution in [1.82, 2.24) is 4.98 Å². The number of pyridine rings is 1. The zero-order valence-corrected chi connectivity index (χ0v) is 6.78. The Balaban J connectivity index is 0.000000845. The summed E-state index contributed by atoms with van der Waals surface area (Å²) in [6.45, 7) is 1.91. The summed E-state index contributed by atoms with van der Waals surface area (Å²) in [6.07, 6.45) is 0. The Kier molecular flexibility index (Phi) is 2.97. The van der Waals surface area contributed by atoms with Gasteiger partial charge >= 0.3 is 18.9 Å². The molecule has 1 aromatic heterocycles. The molecular formula is C10H10LiNO. The Hall–Kier alpha value is -0.973. The number of aromatic nitrogens is 1. The van der Waals surface area contributed by atoms with Gasteiger partial charge in [-0.05, 0) is 19.1 Å². The predicted molar refractivity (Wildman–Crippen MR) is 55.3 cm³/mol. The van der Waals surface area contributed by atoms with Crippen LogP contribution in [0.25, 0.3) is 10.9 Å². The summed E-state index contributed by atoms with van der Waals surface area (Å²) < 4.78 is 0. The Bertz CT molecular complexity index is 428. The third-order valence-corrected chi connectivity index (χ3v) is 1.84. The molecule has 62 valence electrons. The van der Waals surface area contributed by atoms with E-state index in [4.69, 9.17) is 0 Å². The van der Waals surface area contributed by atoms with Crippen molar-refractivity contribution in [3.63, 3.8) is 0 Å². The minimum absolute atomic E-state index is 0. The molecule has 0 spiro atoms. The molecule has 0 aliphatic carbocycles. The van der Waals surface area contributed by atoms with Gasteiger partial charge in [0.15, 0.2) is 0 Å². The number of rotatable bonds is 0. The predicted octanol–water partition coefficient (Wildman–Crippen LogP) is 1.60. The fourth-order valence-electron chi connectivity index (χ4n) is 1.23. The number of phenolic OH excluding ortho intramolecular Hbond substituents is 1. The third-order valence-electron chi connectivity index (χ3n) is 1.84. The average molecular weight is 167 g/mol. The molecule has 1 aromatic carbocycles. The van der Waals surface area contributed by atoms with Gasteiger partial charge in [-0.15, -0.1) is 0 Å². The molecule has 0 aliphatic rings. The summed E-state index contributed by atoms with van der Waals surface area (Å²) in [5, 5.41) is 10.4. The molecule has 0 radical (unpaired) electrons. The van der Waals surface area contributed by atoms with Crippen molar-refractivity contribution in [2.75, 3.05) is 0 Å². The van der Waals surface area contributed by atoms with Crippen LogP contribution in [0.2, 0.25) is 0 Å². The van der Waals surface area contributed by atoms with Crippen LogP contribution in [-0.4, -0.2) is 29.0 Å². The molecule has 0 fully saturated rings. The third kappa shape index (κ3) is 1.85. The maximum atomic E-state index is 9.43. The van der Waals surface area contributed by atoms with Crippen molar-refractivity contribution >= 4 is 29.8 Å². The Morgan fingerprint density at radius 1 is 1.15 bits per heavy atom. The van der Waals surface area contributed by atoms with Crippen molar-refractivity contribution in [3.05, 3.63) is 36.0 Å². The van der Waals surface area contributed by atoms with Crippen LogP contribution in [0.15, 0.2) is 30.3 Å². The Labute approximate surface area is 88.8 Å². The molecule has 0 unspecified atom stereocenters. The topological polar surface area (TPSA) is 33.1 Å². The van der Waals surface area contributed by atoms with Gasteiger partial charge in [-0.25, -0.2) is 4.98 Å². The van der Waals surface area contributed by atoms with E-state index in [1.165, 1.54) is 0 Å². The quantitative estimate of drug-likeness (QED) is 0.604. The molecule has 0 bridgehead atoms. The first-order chi connectivity index (χ1) is 5.77. The van der Waals surface area contributed by atoms with Crippen LogP contribution in [0.5, 0.6) is 5.75 Å². The molecule has 0 saturated heterocycles. The number of aromatic hydroxyl groups is 1. The van der Waals surface area contributed by atoms with E-state index in [9.17, 15) is 5.11 Å². The van der Waals surface area contributed by atoms with E-state index in [2.05, 4.69) is 4.98 Å². The minimum atomic E-state index is 0. The number of nitrogens with zero attached hydrogens (tertiary/aromatic N) is 1. The number of para-hydroxylation sites is 1. The number of aryl methyl sites for hydroxylation is 1. The first kappa shape index (κ1) is 10.1. The SMILES string of the molecule is Cc1ccc2cccc(O)c2n1.[LiH]. The van der Waals surface area contributed by atoms with Crippen LogP contribution in [0.3, 0.4) is 0 Å². The van der Waals surface area contributed by atoms with Gasteiger partial charge in [-0.2, -0.15) is 0 Å². The molecule has 0 saturated carbocycles. The van der Waals surface area contributed by atoms with Crippen molar-refractivity contribution in [3.8, 4) is 5.75 Å². The van der Waals surface area contributed by atoms with Gasteiger partial charge in [0.25, 0.3) is 0 Å². The summed E-state index contributed by atoms with van der Waals surface area (Å²) in [7, 11) is 0. The van der Waals surface area contributed by atoms with Gasteiger partial charge in [-0.1, -0.05) is 18.2 Å².